The number of aromatic nitrogens is 3. The summed E-state index contributed by atoms with van der Waals surface area (Å²) in [5.74, 6) is 1.85. The van der Waals surface area contributed by atoms with E-state index in [9.17, 15) is 13.2 Å². The molecular formula is C22H35N5O5S. The summed E-state index contributed by atoms with van der Waals surface area (Å²) >= 11 is 0. The van der Waals surface area contributed by atoms with E-state index < -0.39 is 16.1 Å². The van der Waals surface area contributed by atoms with Gasteiger partial charge >= 0.3 is 6.03 Å². The number of hydrogen-bond acceptors (Lipinski definition) is 7. The molecule has 0 spiro atoms. The lowest BCUT2D eigenvalue weighted by atomic mass is 9.94. The summed E-state index contributed by atoms with van der Waals surface area (Å²) in [6.45, 7) is 13.6. The molecule has 3 rings (SSSR count). The van der Waals surface area contributed by atoms with E-state index in [4.69, 9.17) is 9.47 Å². The number of hydrogen-bond donors (Lipinski definition) is 2. The highest BCUT2D eigenvalue weighted by Gasteiger charge is 2.33. The van der Waals surface area contributed by atoms with Crippen LogP contribution in [0.15, 0.2) is 23.2 Å². The van der Waals surface area contributed by atoms with E-state index in [2.05, 4.69) is 49.2 Å². The largest absolute Gasteiger partial charge is 0.481 e. The Bertz CT molecular complexity index is 1050. The minimum atomic E-state index is -3.98. The number of sulfonamides is 1. The first-order chi connectivity index (χ1) is 15.3. The van der Waals surface area contributed by atoms with Crippen molar-refractivity contribution < 1.29 is 22.7 Å². The molecule has 3 heterocycles. The number of nitrogens with zero attached hydrogens (tertiary/aromatic N) is 3. The highest BCUT2D eigenvalue weighted by Crippen LogP contribution is 2.32. The molecule has 0 unspecified atom stereocenters. The number of amides is 2. The zero-order chi connectivity index (χ0) is 25.0. The van der Waals surface area contributed by atoms with Crippen molar-refractivity contribution in [2.24, 2.45) is 5.41 Å². The number of urea groups is 1. The van der Waals surface area contributed by atoms with Crippen molar-refractivity contribution in [1.29, 1.82) is 0 Å². The SMILES string of the molecule is CNC(=O)NS(=O)(=O)c1cnn2c1OCC(C)(C)C2.COc1cc(C(C)C)cc(C(C)C)n1. The van der Waals surface area contributed by atoms with Crippen LogP contribution in [0.3, 0.4) is 0 Å². The first kappa shape index (κ1) is 26.4. The Morgan fingerprint density at radius 3 is 2.42 bits per heavy atom. The lowest BCUT2D eigenvalue weighted by molar-refractivity contribution is 0.0970. The maximum absolute atomic E-state index is 12.0. The fourth-order valence-electron chi connectivity index (χ4n) is 3.02. The van der Waals surface area contributed by atoms with Gasteiger partial charge in [0.05, 0.1) is 26.5 Å². The summed E-state index contributed by atoms with van der Waals surface area (Å²) < 4.78 is 38.0. The first-order valence-corrected chi connectivity index (χ1v) is 12.3. The number of rotatable bonds is 5. The van der Waals surface area contributed by atoms with E-state index in [1.807, 2.05) is 24.6 Å². The van der Waals surface area contributed by atoms with Crippen molar-refractivity contribution >= 4 is 16.1 Å². The number of methoxy groups -OCH3 is 1. The maximum Gasteiger partial charge on any atom is 0.328 e. The normalized spacial score (nSPS) is 14.6. The van der Waals surface area contributed by atoms with Gasteiger partial charge in [-0.2, -0.15) is 5.10 Å². The number of ether oxygens (including phenoxy) is 2. The van der Waals surface area contributed by atoms with Crippen LogP contribution in [-0.2, 0) is 16.6 Å². The van der Waals surface area contributed by atoms with Gasteiger partial charge in [-0.25, -0.2) is 27.6 Å². The van der Waals surface area contributed by atoms with Gasteiger partial charge in [0, 0.05) is 24.2 Å². The van der Waals surface area contributed by atoms with Crippen molar-refractivity contribution in [2.45, 2.75) is 64.8 Å². The Kier molecular flexibility index (Phi) is 8.34. The van der Waals surface area contributed by atoms with E-state index in [1.165, 1.54) is 23.5 Å². The van der Waals surface area contributed by atoms with Gasteiger partial charge in [-0.1, -0.05) is 41.5 Å². The highest BCUT2D eigenvalue weighted by atomic mass is 32.2. The van der Waals surface area contributed by atoms with Crippen LogP contribution in [-0.4, -0.2) is 50.0 Å². The number of carbonyl (C=O) groups excluding carboxylic acids is 1. The average molecular weight is 482 g/mol. The van der Waals surface area contributed by atoms with Crippen molar-refractivity contribution in [1.82, 2.24) is 24.8 Å². The highest BCUT2D eigenvalue weighted by molar-refractivity contribution is 7.90. The van der Waals surface area contributed by atoms with Gasteiger partial charge in [0.2, 0.25) is 11.8 Å². The zero-order valence-electron chi connectivity index (χ0n) is 20.6. The molecule has 10 nitrogen and oxygen atoms in total. The molecule has 0 bridgehead atoms. The molecular weight excluding hydrogens is 446 g/mol. The molecule has 0 saturated carbocycles. The number of nitrogens with one attached hydrogen (secondary N) is 2. The molecule has 33 heavy (non-hydrogen) atoms. The average Bonchev–Trinajstić information content (AvgIpc) is 3.16. The smallest absolute Gasteiger partial charge is 0.328 e. The van der Waals surface area contributed by atoms with Crippen molar-refractivity contribution in [2.75, 3.05) is 20.8 Å². The standard InChI is InChI=1S/C12H19NO.C10H16N4O4S/c1-8(2)10-6-11(9(3)4)13-12(7-10)14-5;1-10(2)5-14-8(18-6-10)7(4-12-14)19(16,17)13-9(15)11-3/h6-9H,1-5H3;4H,5-6H2,1-3H3,(H2,11,13,15). The lowest BCUT2D eigenvalue weighted by Crippen LogP contribution is -2.38. The van der Waals surface area contributed by atoms with Crippen LogP contribution < -0.4 is 19.5 Å². The number of pyridine rings is 1. The van der Waals surface area contributed by atoms with Gasteiger partial charge < -0.3 is 14.8 Å². The topological polar surface area (TPSA) is 124 Å². The molecule has 0 aliphatic carbocycles. The number of carbonyl (C=O) groups is 1. The second kappa shape index (κ2) is 10.4. The lowest BCUT2D eigenvalue weighted by Gasteiger charge is -2.30. The Labute approximate surface area is 196 Å². The predicted octanol–water partition coefficient (Wildman–Crippen LogP) is 3.26. The molecule has 2 aromatic heterocycles. The molecule has 184 valence electrons. The molecule has 11 heteroatoms. The van der Waals surface area contributed by atoms with Crippen LogP contribution in [0.1, 0.15) is 64.6 Å². The first-order valence-electron chi connectivity index (χ1n) is 10.8. The molecule has 0 radical (unpaired) electrons. The second-order valence-electron chi connectivity index (χ2n) is 9.29. The third kappa shape index (κ3) is 6.83. The molecule has 2 amide bonds. The molecule has 1 aliphatic rings. The zero-order valence-corrected chi connectivity index (χ0v) is 21.4. The molecule has 1 aliphatic heterocycles. The molecule has 2 aromatic rings. The van der Waals surface area contributed by atoms with Crippen LogP contribution in [0.2, 0.25) is 0 Å². The van der Waals surface area contributed by atoms with Crippen molar-refractivity contribution in [3.8, 4) is 11.8 Å². The maximum atomic E-state index is 12.0. The van der Waals surface area contributed by atoms with E-state index in [0.29, 0.717) is 25.0 Å². The van der Waals surface area contributed by atoms with Gasteiger partial charge in [0.15, 0.2) is 4.90 Å². The monoisotopic (exact) mass is 481 g/mol. The second-order valence-corrected chi connectivity index (χ2v) is 10.9. The van der Waals surface area contributed by atoms with Crippen LogP contribution in [0.5, 0.6) is 11.8 Å². The van der Waals surface area contributed by atoms with Crippen LogP contribution in [0, 0.1) is 5.41 Å². The van der Waals surface area contributed by atoms with Gasteiger partial charge in [-0.05, 0) is 23.5 Å². The fourth-order valence-corrected chi connectivity index (χ4v) is 4.06. The Morgan fingerprint density at radius 1 is 1.21 bits per heavy atom. The third-order valence-corrected chi connectivity index (χ3v) is 6.31. The van der Waals surface area contributed by atoms with Gasteiger partial charge in [-0.3, -0.25) is 0 Å². The molecule has 2 N–H and O–H groups in total. The molecule has 0 atom stereocenters. The van der Waals surface area contributed by atoms with Crippen LogP contribution in [0.4, 0.5) is 4.79 Å². The van der Waals surface area contributed by atoms with Crippen LogP contribution >= 0.6 is 0 Å². The minimum absolute atomic E-state index is 0.117. The van der Waals surface area contributed by atoms with E-state index in [0.717, 1.165) is 11.6 Å². The summed E-state index contributed by atoms with van der Waals surface area (Å²) in [5.41, 5.74) is 2.28. The summed E-state index contributed by atoms with van der Waals surface area (Å²) in [6.07, 6.45) is 1.18. The number of fused-ring (bicyclic) bond motifs is 1. The van der Waals surface area contributed by atoms with E-state index in [1.54, 1.807) is 7.11 Å². The summed E-state index contributed by atoms with van der Waals surface area (Å²) in [6, 6.07) is 3.37. The summed E-state index contributed by atoms with van der Waals surface area (Å²) in [7, 11) is -0.983. The third-order valence-electron chi connectivity index (χ3n) is 4.99. The van der Waals surface area contributed by atoms with Crippen molar-refractivity contribution in [3.63, 3.8) is 0 Å². The Balaban J connectivity index is 0.000000245. The predicted molar refractivity (Wildman–Crippen MR) is 125 cm³/mol. The van der Waals surface area contributed by atoms with Crippen LogP contribution in [0.25, 0.3) is 0 Å². The van der Waals surface area contributed by atoms with E-state index in [-0.39, 0.29) is 16.2 Å². The molecule has 0 saturated heterocycles. The Hall–Kier alpha value is -2.82. The van der Waals surface area contributed by atoms with Gasteiger partial charge in [-0.15, -0.1) is 0 Å². The quantitative estimate of drug-likeness (QED) is 0.671. The van der Waals surface area contributed by atoms with Gasteiger partial charge in [0.25, 0.3) is 10.0 Å². The fraction of sp³-hybridized carbons (Fsp3) is 0.591. The minimum Gasteiger partial charge on any atom is -0.481 e. The summed E-state index contributed by atoms with van der Waals surface area (Å²) in [5, 5.41) is 6.17. The van der Waals surface area contributed by atoms with E-state index >= 15 is 0 Å². The molecule has 0 fully saturated rings. The van der Waals surface area contributed by atoms with Gasteiger partial charge in [0.1, 0.15) is 0 Å². The Morgan fingerprint density at radius 2 is 1.88 bits per heavy atom. The summed E-state index contributed by atoms with van der Waals surface area (Å²) in [4.78, 5) is 15.4. The van der Waals surface area contributed by atoms with Crippen molar-refractivity contribution in [3.05, 3.63) is 29.6 Å². The molecule has 0 aromatic carbocycles.